The number of rotatable bonds is 8. The van der Waals surface area contributed by atoms with Crippen LogP contribution in [0.1, 0.15) is 58.8 Å². The highest BCUT2D eigenvalue weighted by atomic mass is 19.1. The molecule has 3 aromatic rings. The van der Waals surface area contributed by atoms with Gasteiger partial charge in [-0.2, -0.15) is 0 Å². The summed E-state index contributed by atoms with van der Waals surface area (Å²) in [6, 6.07) is 5.32. The first-order valence-corrected chi connectivity index (χ1v) is 14.2. The molecule has 1 aliphatic carbocycles. The van der Waals surface area contributed by atoms with Gasteiger partial charge in [-0.3, -0.25) is 9.78 Å². The molecule has 228 valence electrons. The second-order valence-electron chi connectivity index (χ2n) is 11.2. The molecule has 2 aliphatic rings. The molecule has 5 N–H and O–H groups in total. The number of halogens is 3. The third kappa shape index (κ3) is 6.35. The van der Waals surface area contributed by atoms with Crippen LogP contribution < -0.4 is 16.4 Å². The maximum Gasteiger partial charge on any atom is 0.404 e. The van der Waals surface area contributed by atoms with Crippen LogP contribution in [-0.2, 0) is 16.8 Å². The minimum absolute atomic E-state index is 0.0207. The lowest BCUT2D eigenvalue weighted by Gasteiger charge is -2.41. The molecule has 1 saturated carbocycles. The second-order valence-corrected chi connectivity index (χ2v) is 11.2. The first kappa shape index (κ1) is 30.4. The molecular formula is C31H34F3N5O4. The van der Waals surface area contributed by atoms with Gasteiger partial charge >= 0.3 is 6.09 Å². The number of aromatic nitrogens is 2. The fourth-order valence-corrected chi connectivity index (χ4v) is 6.55. The summed E-state index contributed by atoms with van der Waals surface area (Å²) in [5, 5.41) is 15.3. The van der Waals surface area contributed by atoms with Crippen LogP contribution in [-0.4, -0.2) is 59.8 Å². The minimum Gasteiger partial charge on any atom is -0.465 e. The molecule has 12 heteroatoms. The van der Waals surface area contributed by atoms with E-state index in [0.29, 0.717) is 19.1 Å². The number of hydrogen-bond acceptors (Lipinski definition) is 7. The molecule has 1 aromatic carbocycles. The van der Waals surface area contributed by atoms with E-state index in [4.69, 9.17) is 10.5 Å². The predicted octanol–water partition coefficient (Wildman–Crippen LogP) is 4.95. The van der Waals surface area contributed by atoms with Crippen LogP contribution in [0.3, 0.4) is 0 Å². The van der Waals surface area contributed by atoms with Gasteiger partial charge in [0, 0.05) is 50.9 Å². The van der Waals surface area contributed by atoms with Crippen LogP contribution in [0.4, 0.5) is 23.7 Å². The zero-order valence-electron chi connectivity index (χ0n) is 23.7. The van der Waals surface area contributed by atoms with Gasteiger partial charge in [-0.15, -0.1) is 0 Å². The molecule has 3 heterocycles. The number of nitrogens with two attached hydrogens (primary N) is 1. The van der Waals surface area contributed by atoms with Crippen molar-refractivity contribution in [3.05, 3.63) is 76.7 Å². The number of pyridine rings is 2. The van der Waals surface area contributed by atoms with Gasteiger partial charge < -0.3 is 26.2 Å². The van der Waals surface area contributed by atoms with Gasteiger partial charge in [0.2, 0.25) is 0 Å². The maximum atomic E-state index is 16.1. The molecule has 1 saturated heterocycles. The van der Waals surface area contributed by atoms with Crippen LogP contribution in [0.25, 0.3) is 11.3 Å². The Balaban J connectivity index is 1.63. The van der Waals surface area contributed by atoms with Gasteiger partial charge in [-0.05, 0) is 72.1 Å². The zero-order valence-corrected chi connectivity index (χ0v) is 23.7. The Labute approximate surface area is 247 Å². The third-order valence-corrected chi connectivity index (χ3v) is 8.65. The molecule has 43 heavy (non-hydrogen) atoms. The summed E-state index contributed by atoms with van der Waals surface area (Å²) in [5.74, 6) is -2.34. The van der Waals surface area contributed by atoms with Crippen molar-refractivity contribution in [1.29, 1.82) is 0 Å². The Kier molecular flexibility index (Phi) is 8.97. The number of alkyl halides is 1. The van der Waals surface area contributed by atoms with Gasteiger partial charge in [0.25, 0.3) is 0 Å². The van der Waals surface area contributed by atoms with Crippen molar-refractivity contribution in [3.8, 4) is 11.3 Å². The number of anilines is 1. The summed E-state index contributed by atoms with van der Waals surface area (Å²) in [7, 11) is 1.77. The van der Waals surface area contributed by atoms with E-state index in [0.717, 1.165) is 23.4 Å². The first-order chi connectivity index (χ1) is 20.6. The molecule has 1 aliphatic heterocycles. The Morgan fingerprint density at radius 1 is 1.19 bits per heavy atom. The summed E-state index contributed by atoms with van der Waals surface area (Å²) < 4.78 is 52.7. The summed E-state index contributed by atoms with van der Waals surface area (Å²) in [6.07, 6.45) is 3.51. The van der Waals surface area contributed by atoms with Crippen molar-refractivity contribution in [3.63, 3.8) is 0 Å². The van der Waals surface area contributed by atoms with Crippen LogP contribution in [0.2, 0.25) is 0 Å². The van der Waals surface area contributed by atoms with E-state index in [1.165, 1.54) is 12.1 Å². The first-order valence-electron chi connectivity index (χ1n) is 14.2. The number of amides is 1. The highest BCUT2D eigenvalue weighted by Gasteiger charge is 2.40. The quantitative estimate of drug-likeness (QED) is 0.268. The van der Waals surface area contributed by atoms with Crippen LogP contribution >= 0.6 is 0 Å². The van der Waals surface area contributed by atoms with E-state index in [-0.39, 0.29) is 66.5 Å². The molecule has 5 rings (SSSR count). The number of aldehydes is 1. The molecule has 1 amide bonds. The van der Waals surface area contributed by atoms with E-state index in [1.54, 1.807) is 19.4 Å². The van der Waals surface area contributed by atoms with Gasteiger partial charge in [0.1, 0.15) is 28.7 Å². The number of benzene rings is 1. The summed E-state index contributed by atoms with van der Waals surface area (Å²) in [6.45, 7) is 0.326. The second kappa shape index (κ2) is 12.7. The monoisotopic (exact) mass is 597 g/mol. The van der Waals surface area contributed by atoms with E-state index >= 15 is 13.2 Å². The van der Waals surface area contributed by atoms with E-state index in [2.05, 4.69) is 20.6 Å². The maximum absolute atomic E-state index is 16.1. The number of carboxylic acid groups (broad SMARTS) is 1. The van der Waals surface area contributed by atoms with E-state index in [9.17, 15) is 14.7 Å². The lowest BCUT2D eigenvalue weighted by Crippen LogP contribution is -2.55. The Morgan fingerprint density at radius 3 is 2.65 bits per heavy atom. The van der Waals surface area contributed by atoms with Crippen LogP contribution in [0.5, 0.6) is 0 Å². The smallest absolute Gasteiger partial charge is 0.404 e. The number of nitrogens with one attached hydrogen (secondary N) is 2. The van der Waals surface area contributed by atoms with E-state index in [1.807, 2.05) is 6.07 Å². The number of nitrogens with zero attached hydrogens (tertiary/aromatic N) is 2. The van der Waals surface area contributed by atoms with Crippen molar-refractivity contribution < 1.29 is 32.6 Å². The van der Waals surface area contributed by atoms with E-state index < -0.39 is 41.4 Å². The van der Waals surface area contributed by atoms with Gasteiger partial charge in [-0.1, -0.05) is 6.07 Å². The average Bonchev–Trinajstić information content (AvgIpc) is 2.99. The van der Waals surface area contributed by atoms with Crippen molar-refractivity contribution >= 4 is 18.1 Å². The summed E-state index contributed by atoms with van der Waals surface area (Å²) >= 11 is 0. The lowest BCUT2D eigenvalue weighted by atomic mass is 9.70. The topological polar surface area (TPSA) is 139 Å². The van der Waals surface area contributed by atoms with Crippen LogP contribution in [0.15, 0.2) is 42.7 Å². The molecule has 2 fully saturated rings. The summed E-state index contributed by atoms with van der Waals surface area (Å²) in [4.78, 5) is 31.5. The molecule has 2 aromatic heterocycles. The lowest BCUT2D eigenvalue weighted by molar-refractivity contribution is -0.0116. The highest BCUT2D eigenvalue weighted by Crippen LogP contribution is 2.44. The standard InChI is InChI=1S/C31H34F3N5O4/c1-36-26-15-37-7-4-22(26)17-10-19(28(25(35)13-17)39-30(41)42)11-18-12-20(31(34)5-8-43-9-6-31)14-24(33)27(18)29-23(32)3-2-21(16-40)38-29/h2-4,7,12,14-17,19,25,28,36,39H,5-6,8-11,13,35H2,1H3,(H,41,42). The van der Waals surface area contributed by atoms with Gasteiger partial charge in [0.15, 0.2) is 6.29 Å². The Hall–Kier alpha value is -4.03. The number of hydrogen-bond donors (Lipinski definition) is 4. The van der Waals surface area contributed by atoms with Crippen LogP contribution in [0, 0.1) is 17.6 Å². The number of ether oxygens (including phenoxy) is 1. The fraction of sp³-hybridized carbons (Fsp3) is 0.419. The van der Waals surface area contributed by atoms with Crippen molar-refractivity contribution in [2.75, 3.05) is 25.6 Å². The molecule has 4 atom stereocenters. The van der Waals surface area contributed by atoms with Gasteiger partial charge in [0.05, 0.1) is 17.9 Å². The fourth-order valence-electron chi connectivity index (χ4n) is 6.55. The SMILES string of the molecule is CNc1cnccc1C1CC(N)C(NC(=O)O)C(Cc2cc(C3(F)CCOCC3)cc(F)c2-c2nc(C=O)ccc2F)C1. The Bertz CT molecular complexity index is 1500. The molecule has 0 radical (unpaired) electrons. The minimum atomic E-state index is -1.87. The largest absolute Gasteiger partial charge is 0.465 e. The van der Waals surface area contributed by atoms with Gasteiger partial charge in [-0.25, -0.2) is 22.9 Å². The Morgan fingerprint density at radius 2 is 1.95 bits per heavy atom. The van der Waals surface area contributed by atoms with Crippen molar-refractivity contribution in [1.82, 2.24) is 15.3 Å². The molecular weight excluding hydrogens is 563 g/mol. The summed E-state index contributed by atoms with van der Waals surface area (Å²) in [5.41, 5.74) is 6.10. The number of carbonyl (C=O) groups is 2. The molecule has 4 unspecified atom stereocenters. The molecule has 0 bridgehead atoms. The average molecular weight is 598 g/mol. The normalized spacial score (nSPS) is 23.4. The number of carbonyl (C=O) groups excluding carboxylic acids is 1. The highest BCUT2D eigenvalue weighted by molar-refractivity contribution is 5.75. The predicted molar refractivity (Wildman–Crippen MR) is 154 cm³/mol. The molecule has 9 nitrogen and oxygen atoms in total. The van der Waals surface area contributed by atoms with Crippen molar-refractivity contribution in [2.45, 2.75) is 55.8 Å². The molecule has 0 spiro atoms. The van der Waals surface area contributed by atoms with Crippen molar-refractivity contribution in [2.24, 2.45) is 11.7 Å². The third-order valence-electron chi connectivity index (χ3n) is 8.65. The zero-order chi connectivity index (χ0) is 30.7.